The van der Waals surface area contributed by atoms with Crippen molar-refractivity contribution >= 4 is 57.1 Å². The number of nitrogens with two attached hydrogens (primary N) is 1. The topological polar surface area (TPSA) is 243 Å². The molecule has 0 fully saturated rings. The van der Waals surface area contributed by atoms with Crippen molar-refractivity contribution in [2.75, 3.05) is 6.54 Å². The summed E-state index contributed by atoms with van der Waals surface area (Å²) in [5.74, 6) is -6.15. The molecule has 0 saturated heterocycles. The van der Waals surface area contributed by atoms with E-state index >= 15 is 0 Å². The van der Waals surface area contributed by atoms with Crippen LogP contribution >= 0.6 is 11.6 Å². The van der Waals surface area contributed by atoms with Gasteiger partial charge in [-0.2, -0.15) is 17.9 Å². The van der Waals surface area contributed by atoms with Crippen LogP contribution in [0.2, 0.25) is 5.02 Å². The molecule has 0 heterocycles. The fourth-order valence-corrected chi connectivity index (χ4v) is 5.51. The second kappa shape index (κ2) is 18.0. The van der Waals surface area contributed by atoms with Crippen molar-refractivity contribution in [2.24, 2.45) is 17.6 Å². The van der Waals surface area contributed by atoms with Gasteiger partial charge in [-0.05, 0) is 49.8 Å². The van der Waals surface area contributed by atoms with Crippen LogP contribution in [0.5, 0.6) is 0 Å². The van der Waals surface area contributed by atoms with E-state index in [1.165, 1.54) is 6.92 Å². The first kappa shape index (κ1) is 42.1. The van der Waals surface area contributed by atoms with Gasteiger partial charge in [0.2, 0.25) is 39.6 Å². The third-order valence-corrected chi connectivity index (χ3v) is 8.45. The molecular weight excluding hydrogens is 689 g/mol. The van der Waals surface area contributed by atoms with Crippen molar-refractivity contribution in [3.8, 4) is 0 Å². The Labute approximate surface area is 280 Å². The number of aliphatic carboxylic acids is 1. The van der Waals surface area contributed by atoms with Gasteiger partial charge in [0, 0.05) is 6.42 Å². The number of carbonyl (C=O) groups excluding carboxylic acids is 5. The summed E-state index contributed by atoms with van der Waals surface area (Å²) in [5, 5.41) is 18.3. The molecule has 20 heteroatoms. The van der Waals surface area contributed by atoms with E-state index in [1.54, 1.807) is 32.4 Å². The van der Waals surface area contributed by atoms with Crippen LogP contribution in [0.4, 0.5) is 13.2 Å². The first-order chi connectivity index (χ1) is 22.0. The summed E-state index contributed by atoms with van der Waals surface area (Å²) < 4.78 is 66.5. The SMILES string of the molecule is CC(C)CC(NC(=O)CNC(=O)CCC(NS(=O)(=O)c1ccc(Cl)c(C(F)(F)F)c1)C(=O)O)C(=O)NC(C(=O)NC(C)C(N)=O)C(C)C. The molecule has 1 aromatic rings. The van der Waals surface area contributed by atoms with Crippen molar-refractivity contribution in [3.63, 3.8) is 0 Å². The van der Waals surface area contributed by atoms with E-state index in [-0.39, 0.29) is 18.4 Å². The summed E-state index contributed by atoms with van der Waals surface area (Å²) in [4.78, 5) is 72.8. The number of benzene rings is 1. The van der Waals surface area contributed by atoms with Crippen LogP contribution in [-0.4, -0.2) is 79.7 Å². The fourth-order valence-electron chi connectivity index (χ4n) is 4.03. The van der Waals surface area contributed by atoms with E-state index in [0.717, 1.165) is 6.07 Å². The Kier molecular flexibility index (Phi) is 15.7. The van der Waals surface area contributed by atoms with E-state index in [1.807, 2.05) is 0 Å². The lowest BCUT2D eigenvalue weighted by Crippen LogP contribution is -2.58. The zero-order chi connectivity index (χ0) is 37.1. The molecule has 0 radical (unpaired) electrons. The summed E-state index contributed by atoms with van der Waals surface area (Å²) in [6.45, 7) is 7.53. The molecule has 1 rings (SSSR count). The number of hydrogen-bond acceptors (Lipinski definition) is 8. The van der Waals surface area contributed by atoms with Crippen molar-refractivity contribution in [3.05, 3.63) is 28.8 Å². The average molecular weight is 729 g/mol. The molecule has 4 atom stereocenters. The van der Waals surface area contributed by atoms with E-state index in [4.69, 9.17) is 17.3 Å². The molecule has 0 aliphatic heterocycles. The summed E-state index contributed by atoms with van der Waals surface area (Å²) in [6, 6.07) is -3.50. The molecule has 0 aliphatic rings. The van der Waals surface area contributed by atoms with Gasteiger partial charge in [-0.1, -0.05) is 39.3 Å². The molecule has 270 valence electrons. The zero-order valence-electron chi connectivity index (χ0n) is 26.7. The maximum atomic E-state index is 13.2. The number of rotatable bonds is 18. The van der Waals surface area contributed by atoms with Crippen LogP contribution in [0.3, 0.4) is 0 Å². The fraction of sp³-hybridized carbons (Fsp3) is 0.571. The molecule has 48 heavy (non-hydrogen) atoms. The van der Waals surface area contributed by atoms with Crippen molar-refractivity contribution in [2.45, 2.75) is 89.1 Å². The van der Waals surface area contributed by atoms with E-state index in [2.05, 4.69) is 21.3 Å². The van der Waals surface area contributed by atoms with Crippen LogP contribution in [0.1, 0.15) is 59.4 Å². The standard InChI is InChI=1S/C28H40ClF3N6O9S/c1-13(2)10-20(25(42)37-23(14(3)4)26(43)35-15(5)24(33)41)36-22(40)12-34-21(39)9-8-19(27(44)45)38-48(46,47)16-6-7-18(29)17(11-16)28(30,31)32/h6-7,11,13-15,19-20,23,38H,8-10,12H2,1-5H3,(H2,33,41)(H,34,39)(H,35,43)(H,36,40)(H,37,42)(H,44,45). The van der Waals surface area contributed by atoms with Gasteiger partial charge in [-0.3, -0.25) is 28.8 Å². The van der Waals surface area contributed by atoms with Crippen molar-refractivity contribution in [1.82, 2.24) is 26.0 Å². The second-order valence-corrected chi connectivity index (χ2v) is 13.7. The summed E-state index contributed by atoms with van der Waals surface area (Å²) in [6.07, 6.45) is -6.12. The highest BCUT2D eigenvalue weighted by Crippen LogP contribution is 2.36. The molecule has 5 amide bonds. The number of halogens is 4. The normalized spacial score (nSPS) is 14.4. The van der Waals surface area contributed by atoms with E-state index in [0.29, 0.717) is 6.07 Å². The molecule has 0 spiro atoms. The monoisotopic (exact) mass is 728 g/mol. The van der Waals surface area contributed by atoms with Crippen LogP contribution in [0.25, 0.3) is 0 Å². The number of alkyl halides is 3. The molecule has 8 N–H and O–H groups in total. The van der Waals surface area contributed by atoms with Crippen molar-refractivity contribution in [1.29, 1.82) is 0 Å². The number of amides is 5. The summed E-state index contributed by atoms with van der Waals surface area (Å²) in [5.41, 5.74) is 3.72. The third-order valence-electron chi connectivity index (χ3n) is 6.65. The Morgan fingerprint density at radius 2 is 1.52 bits per heavy atom. The molecule has 0 aliphatic carbocycles. The smallest absolute Gasteiger partial charge is 0.417 e. The molecule has 1 aromatic carbocycles. The third kappa shape index (κ3) is 13.6. The minimum absolute atomic E-state index is 0.110. The van der Waals surface area contributed by atoms with Gasteiger partial charge in [0.1, 0.15) is 24.2 Å². The van der Waals surface area contributed by atoms with Crippen LogP contribution < -0.4 is 31.7 Å². The van der Waals surface area contributed by atoms with Gasteiger partial charge in [0.05, 0.1) is 22.0 Å². The van der Waals surface area contributed by atoms with Crippen molar-refractivity contribution < 1.29 is 55.5 Å². The van der Waals surface area contributed by atoms with Gasteiger partial charge in [-0.25, -0.2) is 8.42 Å². The lowest BCUT2D eigenvalue weighted by molar-refractivity contribution is -0.139. The molecular formula is C28H40ClF3N6O9S. The molecule has 0 bridgehead atoms. The second-order valence-electron chi connectivity index (χ2n) is 11.6. The Hall–Kier alpha value is -3.97. The Morgan fingerprint density at radius 1 is 0.917 bits per heavy atom. The van der Waals surface area contributed by atoms with Crippen LogP contribution in [0, 0.1) is 11.8 Å². The van der Waals surface area contributed by atoms with E-state index in [9.17, 15) is 55.5 Å². The minimum atomic E-state index is -4.99. The van der Waals surface area contributed by atoms with Gasteiger partial charge in [0.25, 0.3) is 0 Å². The van der Waals surface area contributed by atoms with Gasteiger partial charge in [0.15, 0.2) is 0 Å². The van der Waals surface area contributed by atoms with Gasteiger partial charge >= 0.3 is 12.1 Å². The summed E-state index contributed by atoms with van der Waals surface area (Å²) >= 11 is 5.51. The summed E-state index contributed by atoms with van der Waals surface area (Å²) in [7, 11) is -4.81. The number of hydrogen-bond donors (Lipinski definition) is 7. The number of sulfonamides is 1. The number of carbonyl (C=O) groups is 6. The van der Waals surface area contributed by atoms with Gasteiger partial charge < -0.3 is 32.1 Å². The van der Waals surface area contributed by atoms with Crippen LogP contribution in [0.15, 0.2) is 23.1 Å². The Balaban J connectivity index is 2.85. The molecule has 15 nitrogen and oxygen atoms in total. The maximum absolute atomic E-state index is 13.2. The Morgan fingerprint density at radius 3 is 2.02 bits per heavy atom. The quantitative estimate of drug-likeness (QED) is 0.112. The maximum Gasteiger partial charge on any atom is 0.417 e. The highest BCUT2D eigenvalue weighted by molar-refractivity contribution is 7.89. The zero-order valence-corrected chi connectivity index (χ0v) is 28.3. The number of carboxylic acids is 1. The predicted molar refractivity (Wildman–Crippen MR) is 165 cm³/mol. The largest absolute Gasteiger partial charge is 0.480 e. The van der Waals surface area contributed by atoms with Crippen LogP contribution in [-0.2, 0) is 45.0 Å². The minimum Gasteiger partial charge on any atom is -0.480 e. The van der Waals surface area contributed by atoms with Gasteiger partial charge in [-0.15, -0.1) is 0 Å². The Bertz CT molecular complexity index is 1470. The highest BCUT2D eigenvalue weighted by Gasteiger charge is 2.35. The molecule has 4 unspecified atom stereocenters. The number of carboxylic acid groups (broad SMARTS) is 1. The number of nitrogens with one attached hydrogen (secondary N) is 5. The first-order valence-corrected chi connectivity index (χ1v) is 16.4. The molecule has 0 aromatic heterocycles. The lowest BCUT2D eigenvalue weighted by Gasteiger charge is -2.27. The number of primary amides is 1. The average Bonchev–Trinajstić information content (AvgIpc) is 2.95. The molecule has 0 saturated carbocycles. The van der Waals surface area contributed by atoms with E-state index < -0.39 is 117 Å². The highest BCUT2D eigenvalue weighted by atomic mass is 35.5. The lowest BCUT2D eigenvalue weighted by atomic mass is 9.99. The predicted octanol–water partition coefficient (Wildman–Crippen LogP) is 0.648. The first-order valence-electron chi connectivity index (χ1n) is 14.5.